The van der Waals surface area contributed by atoms with E-state index in [-0.39, 0.29) is 17.4 Å². The zero-order valence-corrected chi connectivity index (χ0v) is 11.9. The molecule has 1 heterocycles. The van der Waals surface area contributed by atoms with Crippen LogP contribution in [0, 0.1) is 6.92 Å². The van der Waals surface area contributed by atoms with Crippen molar-refractivity contribution >= 4 is 21.4 Å². The smallest absolute Gasteiger partial charge is 0.253 e. The lowest BCUT2D eigenvalue weighted by molar-refractivity contribution is 0.0916. The number of amides is 1. The van der Waals surface area contributed by atoms with Crippen LogP contribution in [0.5, 0.6) is 0 Å². The molecular formula is C13H18N2O3S. The number of nitrogens with one attached hydrogen (secondary N) is 1. The number of hydrogen-bond acceptors (Lipinski definition) is 4. The van der Waals surface area contributed by atoms with Gasteiger partial charge in [-0.25, -0.2) is 8.42 Å². The van der Waals surface area contributed by atoms with Gasteiger partial charge in [0.05, 0.1) is 22.6 Å². The molecule has 1 aromatic carbocycles. The predicted octanol–water partition coefficient (Wildman–Crippen LogP) is 0.884. The Morgan fingerprint density at radius 2 is 2.11 bits per heavy atom. The number of rotatable bonds is 2. The second-order valence-corrected chi connectivity index (χ2v) is 7.63. The van der Waals surface area contributed by atoms with Crippen LogP contribution in [-0.2, 0) is 9.84 Å². The first kappa shape index (κ1) is 13.9. The molecule has 0 radical (unpaired) electrons. The van der Waals surface area contributed by atoms with E-state index in [1.165, 1.54) is 0 Å². The van der Waals surface area contributed by atoms with Gasteiger partial charge in [0.15, 0.2) is 9.84 Å². The molecule has 19 heavy (non-hydrogen) atoms. The van der Waals surface area contributed by atoms with Gasteiger partial charge in [0.2, 0.25) is 0 Å². The summed E-state index contributed by atoms with van der Waals surface area (Å²) in [7, 11) is -3.04. The second-order valence-electron chi connectivity index (χ2n) is 5.45. The molecule has 1 saturated heterocycles. The summed E-state index contributed by atoms with van der Waals surface area (Å²) in [5.74, 6) is -0.220. The summed E-state index contributed by atoms with van der Waals surface area (Å²) >= 11 is 0. The lowest BCUT2D eigenvalue weighted by Gasteiger charge is -2.24. The van der Waals surface area contributed by atoms with E-state index in [0.717, 1.165) is 5.56 Å². The molecule has 5 nitrogen and oxygen atoms in total. The van der Waals surface area contributed by atoms with Gasteiger partial charge in [0.1, 0.15) is 0 Å². The number of nitrogens with two attached hydrogens (primary N) is 1. The van der Waals surface area contributed by atoms with E-state index in [2.05, 4.69) is 5.32 Å². The standard InChI is InChI=1S/C13H18N2O3S/c1-9-3-4-10(11(14)7-9)12(16)15-13(2)5-6-19(17,18)8-13/h3-4,7H,5-6,8,14H2,1-2H3,(H,15,16). The number of sulfone groups is 1. The van der Waals surface area contributed by atoms with Gasteiger partial charge in [-0.15, -0.1) is 0 Å². The number of hydrogen-bond donors (Lipinski definition) is 2. The minimum absolute atomic E-state index is 0.0164. The molecule has 1 aliphatic rings. The highest BCUT2D eigenvalue weighted by Gasteiger charge is 2.39. The summed E-state index contributed by atoms with van der Waals surface area (Å²) in [6.07, 6.45) is 0.437. The average Bonchev–Trinajstić information content (AvgIpc) is 2.52. The molecule has 1 atom stereocenters. The van der Waals surface area contributed by atoms with E-state index in [1.54, 1.807) is 25.1 Å². The summed E-state index contributed by atoms with van der Waals surface area (Å²) in [5, 5.41) is 2.79. The number of anilines is 1. The molecule has 1 aromatic rings. The van der Waals surface area contributed by atoms with E-state index in [0.29, 0.717) is 17.7 Å². The summed E-state index contributed by atoms with van der Waals surface area (Å²) in [5.41, 5.74) is 6.88. The fourth-order valence-electron chi connectivity index (χ4n) is 2.34. The number of aryl methyl sites for hydroxylation is 1. The van der Waals surface area contributed by atoms with Gasteiger partial charge in [-0.05, 0) is 38.0 Å². The maximum Gasteiger partial charge on any atom is 0.253 e. The number of carbonyl (C=O) groups is 1. The topological polar surface area (TPSA) is 89.3 Å². The number of carbonyl (C=O) groups excluding carboxylic acids is 1. The normalized spacial score (nSPS) is 25.2. The molecule has 3 N–H and O–H groups in total. The Kier molecular flexibility index (Phi) is 3.30. The summed E-state index contributed by atoms with van der Waals surface area (Å²) in [6, 6.07) is 5.19. The minimum atomic E-state index is -3.04. The first-order valence-electron chi connectivity index (χ1n) is 6.10. The summed E-state index contributed by atoms with van der Waals surface area (Å²) in [4.78, 5) is 12.2. The van der Waals surface area contributed by atoms with Crippen molar-refractivity contribution in [2.24, 2.45) is 0 Å². The molecule has 0 bridgehead atoms. The van der Waals surface area contributed by atoms with Crippen molar-refractivity contribution in [2.45, 2.75) is 25.8 Å². The van der Waals surface area contributed by atoms with Crippen molar-refractivity contribution in [3.63, 3.8) is 0 Å². The Morgan fingerprint density at radius 3 is 2.63 bits per heavy atom. The molecule has 2 rings (SSSR count). The third-order valence-corrected chi connectivity index (χ3v) is 5.27. The quantitative estimate of drug-likeness (QED) is 0.788. The minimum Gasteiger partial charge on any atom is -0.398 e. The lowest BCUT2D eigenvalue weighted by Crippen LogP contribution is -2.47. The maximum atomic E-state index is 12.2. The molecule has 0 spiro atoms. The Labute approximate surface area is 113 Å². The van der Waals surface area contributed by atoms with Crippen LogP contribution in [0.1, 0.15) is 29.3 Å². The molecule has 1 amide bonds. The average molecular weight is 282 g/mol. The van der Waals surface area contributed by atoms with Crippen LogP contribution >= 0.6 is 0 Å². The second kappa shape index (κ2) is 4.52. The molecule has 104 valence electrons. The van der Waals surface area contributed by atoms with Crippen molar-refractivity contribution < 1.29 is 13.2 Å². The van der Waals surface area contributed by atoms with Gasteiger partial charge in [-0.1, -0.05) is 6.07 Å². The van der Waals surface area contributed by atoms with E-state index in [4.69, 9.17) is 5.73 Å². The largest absolute Gasteiger partial charge is 0.398 e. The number of benzene rings is 1. The first-order chi connectivity index (χ1) is 8.71. The van der Waals surface area contributed by atoms with Crippen molar-refractivity contribution in [3.8, 4) is 0 Å². The van der Waals surface area contributed by atoms with Gasteiger partial charge in [0.25, 0.3) is 5.91 Å². The van der Waals surface area contributed by atoms with Crippen LogP contribution < -0.4 is 11.1 Å². The molecule has 0 aliphatic carbocycles. The third kappa shape index (κ3) is 3.07. The Morgan fingerprint density at radius 1 is 1.42 bits per heavy atom. The molecular weight excluding hydrogens is 264 g/mol. The Hall–Kier alpha value is -1.56. The van der Waals surface area contributed by atoms with Crippen molar-refractivity contribution in [2.75, 3.05) is 17.2 Å². The molecule has 6 heteroatoms. The third-order valence-electron chi connectivity index (χ3n) is 3.37. The van der Waals surface area contributed by atoms with Crippen LogP contribution in [-0.4, -0.2) is 31.4 Å². The van der Waals surface area contributed by atoms with Gasteiger partial charge >= 0.3 is 0 Å². The summed E-state index contributed by atoms with van der Waals surface area (Å²) < 4.78 is 23.0. The van der Waals surface area contributed by atoms with Gasteiger partial charge in [-0.3, -0.25) is 4.79 Å². The molecule has 0 saturated carbocycles. The van der Waals surface area contributed by atoms with E-state index in [9.17, 15) is 13.2 Å². The highest BCUT2D eigenvalue weighted by atomic mass is 32.2. The fourth-order valence-corrected chi connectivity index (χ4v) is 4.43. The molecule has 1 unspecified atom stereocenters. The lowest BCUT2D eigenvalue weighted by atomic mass is 10.0. The van der Waals surface area contributed by atoms with E-state index < -0.39 is 15.4 Å². The maximum absolute atomic E-state index is 12.2. The van der Waals surface area contributed by atoms with Crippen LogP contribution in [0.15, 0.2) is 18.2 Å². The first-order valence-corrected chi connectivity index (χ1v) is 7.92. The SMILES string of the molecule is Cc1ccc(C(=O)NC2(C)CCS(=O)(=O)C2)c(N)c1. The Balaban J connectivity index is 2.18. The van der Waals surface area contributed by atoms with Crippen LogP contribution in [0.4, 0.5) is 5.69 Å². The van der Waals surface area contributed by atoms with Crippen molar-refractivity contribution in [1.29, 1.82) is 0 Å². The highest BCUT2D eigenvalue weighted by molar-refractivity contribution is 7.91. The Bertz CT molecular complexity index is 625. The van der Waals surface area contributed by atoms with Crippen LogP contribution in [0.3, 0.4) is 0 Å². The highest BCUT2D eigenvalue weighted by Crippen LogP contribution is 2.24. The van der Waals surface area contributed by atoms with E-state index >= 15 is 0 Å². The van der Waals surface area contributed by atoms with Crippen molar-refractivity contribution in [3.05, 3.63) is 29.3 Å². The molecule has 1 fully saturated rings. The van der Waals surface area contributed by atoms with E-state index in [1.807, 2.05) is 6.92 Å². The zero-order chi connectivity index (χ0) is 14.3. The fraction of sp³-hybridized carbons (Fsp3) is 0.462. The van der Waals surface area contributed by atoms with Crippen LogP contribution in [0.25, 0.3) is 0 Å². The zero-order valence-electron chi connectivity index (χ0n) is 11.1. The molecule has 0 aromatic heterocycles. The summed E-state index contributed by atoms with van der Waals surface area (Å²) in [6.45, 7) is 3.64. The van der Waals surface area contributed by atoms with Gasteiger partial charge in [-0.2, -0.15) is 0 Å². The van der Waals surface area contributed by atoms with Crippen molar-refractivity contribution in [1.82, 2.24) is 5.32 Å². The van der Waals surface area contributed by atoms with Gasteiger partial charge in [0, 0.05) is 5.69 Å². The van der Waals surface area contributed by atoms with Gasteiger partial charge < -0.3 is 11.1 Å². The van der Waals surface area contributed by atoms with Crippen LogP contribution in [0.2, 0.25) is 0 Å². The monoisotopic (exact) mass is 282 g/mol. The molecule has 1 aliphatic heterocycles. The predicted molar refractivity (Wildman–Crippen MR) is 74.7 cm³/mol. The number of nitrogen functional groups attached to an aromatic ring is 1.